The van der Waals surface area contributed by atoms with E-state index in [9.17, 15) is 4.39 Å². The Morgan fingerprint density at radius 3 is 2.72 bits per heavy atom. The summed E-state index contributed by atoms with van der Waals surface area (Å²) < 4.78 is 15.1. The summed E-state index contributed by atoms with van der Waals surface area (Å²) in [6.45, 7) is 4.78. The van der Waals surface area contributed by atoms with E-state index in [-0.39, 0.29) is 5.82 Å². The first kappa shape index (κ1) is 12.8. The third kappa shape index (κ3) is 2.96. The lowest BCUT2D eigenvalue weighted by molar-refractivity contribution is 0.582. The maximum Gasteiger partial charge on any atom is 0.123 e. The lowest BCUT2D eigenvalue weighted by atomic mass is 10.0. The van der Waals surface area contributed by atoms with E-state index in [0.29, 0.717) is 12.6 Å². The molecule has 96 valence electrons. The number of nitrogens with one attached hydrogen (secondary N) is 1. The van der Waals surface area contributed by atoms with Gasteiger partial charge in [-0.15, -0.1) is 0 Å². The quantitative estimate of drug-likeness (QED) is 0.900. The minimum absolute atomic E-state index is 0.213. The largest absolute Gasteiger partial charge is 0.310 e. The molecule has 1 aromatic heterocycles. The van der Waals surface area contributed by atoms with Crippen LogP contribution in [0.25, 0.3) is 11.3 Å². The number of benzene rings is 1. The molecule has 18 heavy (non-hydrogen) atoms. The normalized spacial score (nSPS) is 11.2. The van der Waals surface area contributed by atoms with Gasteiger partial charge in [-0.05, 0) is 29.8 Å². The van der Waals surface area contributed by atoms with Crippen molar-refractivity contribution >= 4 is 0 Å². The first-order valence-corrected chi connectivity index (χ1v) is 6.08. The van der Waals surface area contributed by atoms with Crippen LogP contribution in [0.1, 0.15) is 19.4 Å². The molecule has 1 N–H and O–H groups in total. The molecule has 1 aromatic carbocycles. The fourth-order valence-corrected chi connectivity index (χ4v) is 1.83. The van der Waals surface area contributed by atoms with Crippen molar-refractivity contribution in [2.75, 3.05) is 0 Å². The fraction of sp³-hybridized carbons (Fsp3) is 0.357. The average molecular weight is 247 g/mol. The van der Waals surface area contributed by atoms with Crippen molar-refractivity contribution in [3.05, 3.63) is 41.8 Å². The van der Waals surface area contributed by atoms with Crippen molar-refractivity contribution in [3.8, 4) is 11.3 Å². The topological polar surface area (TPSA) is 29.9 Å². The maximum atomic E-state index is 13.3. The summed E-state index contributed by atoms with van der Waals surface area (Å²) in [5.74, 6) is -0.213. The Morgan fingerprint density at radius 2 is 2.11 bits per heavy atom. The molecule has 3 nitrogen and oxygen atoms in total. The maximum absolute atomic E-state index is 13.3. The molecule has 0 saturated carbocycles. The summed E-state index contributed by atoms with van der Waals surface area (Å²) in [6.07, 6.45) is 1.89. The second kappa shape index (κ2) is 5.31. The molecule has 1 heterocycles. The van der Waals surface area contributed by atoms with E-state index in [1.54, 1.807) is 16.8 Å². The standard InChI is InChI=1S/C14H18FN3/c1-10(2)16-9-11-8-12(15)4-5-13(11)14-6-7-18(3)17-14/h4-8,10,16H,9H2,1-3H3. The second-order valence-corrected chi connectivity index (χ2v) is 4.71. The van der Waals surface area contributed by atoms with Gasteiger partial charge in [0.05, 0.1) is 5.69 Å². The van der Waals surface area contributed by atoms with Crippen LogP contribution in [0.3, 0.4) is 0 Å². The van der Waals surface area contributed by atoms with Crippen molar-refractivity contribution in [1.29, 1.82) is 0 Å². The molecule has 0 bridgehead atoms. The Hall–Kier alpha value is -1.68. The third-order valence-corrected chi connectivity index (χ3v) is 2.76. The third-order valence-electron chi connectivity index (χ3n) is 2.76. The molecule has 0 unspecified atom stereocenters. The minimum atomic E-state index is -0.213. The number of aryl methyl sites for hydroxylation is 1. The Kier molecular flexibility index (Phi) is 3.77. The van der Waals surface area contributed by atoms with E-state index in [4.69, 9.17) is 0 Å². The lowest BCUT2D eigenvalue weighted by Gasteiger charge is -2.11. The monoisotopic (exact) mass is 247 g/mol. The number of nitrogens with zero attached hydrogens (tertiary/aromatic N) is 2. The van der Waals surface area contributed by atoms with E-state index in [1.807, 2.05) is 19.3 Å². The van der Waals surface area contributed by atoms with Gasteiger partial charge in [-0.2, -0.15) is 5.10 Å². The molecule has 0 atom stereocenters. The molecular formula is C14H18FN3. The average Bonchev–Trinajstić information content (AvgIpc) is 2.73. The number of rotatable bonds is 4. The Bertz CT molecular complexity index is 532. The van der Waals surface area contributed by atoms with Crippen molar-refractivity contribution in [2.45, 2.75) is 26.4 Å². The zero-order valence-corrected chi connectivity index (χ0v) is 10.9. The first-order valence-electron chi connectivity index (χ1n) is 6.08. The second-order valence-electron chi connectivity index (χ2n) is 4.71. The van der Waals surface area contributed by atoms with E-state index >= 15 is 0 Å². The molecule has 4 heteroatoms. The van der Waals surface area contributed by atoms with Crippen molar-refractivity contribution in [3.63, 3.8) is 0 Å². The number of hydrogen-bond donors (Lipinski definition) is 1. The molecule has 0 radical (unpaired) electrons. The van der Waals surface area contributed by atoms with Crippen LogP contribution in [0.2, 0.25) is 0 Å². The molecule has 0 spiro atoms. The molecule has 2 aromatic rings. The number of aromatic nitrogens is 2. The van der Waals surface area contributed by atoms with Crippen LogP contribution in [0.4, 0.5) is 4.39 Å². The predicted octanol–water partition coefficient (Wildman–Crippen LogP) is 2.72. The van der Waals surface area contributed by atoms with Crippen LogP contribution < -0.4 is 5.32 Å². The summed E-state index contributed by atoms with van der Waals surface area (Å²) >= 11 is 0. The summed E-state index contributed by atoms with van der Waals surface area (Å²) in [6, 6.07) is 7.13. The minimum Gasteiger partial charge on any atom is -0.310 e. The Balaban J connectivity index is 2.34. The molecule has 2 rings (SSSR count). The van der Waals surface area contributed by atoms with E-state index < -0.39 is 0 Å². The van der Waals surface area contributed by atoms with Crippen molar-refractivity contribution < 1.29 is 4.39 Å². The van der Waals surface area contributed by atoms with Crippen LogP contribution >= 0.6 is 0 Å². The molecule has 0 fully saturated rings. The molecule has 0 saturated heterocycles. The van der Waals surface area contributed by atoms with Gasteiger partial charge in [0, 0.05) is 31.4 Å². The fourth-order valence-electron chi connectivity index (χ4n) is 1.83. The molecular weight excluding hydrogens is 229 g/mol. The molecule has 0 aliphatic heterocycles. The van der Waals surface area contributed by atoms with Crippen LogP contribution in [0.15, 0.2) is 30.5 Å². The van der Waals surface area contributed by atoms with E-state index in [1.165, 1.54) is 6.07 Å². The van der Waals surface area contributed by atoms with Gasteiger partial charge in [0.25, 0.3) is 0 Å². The van der Waals surface area contributed by atoms with E-state index in [2.05, 4.69) is 24.3 Å². The van der Waals surface area contributed by atoms with Gasteiger partial charge < -0.3 is 5.32 Å². The molecule has 0 aliphatic carbocycles. The Morgan fingerprint density at radius 1 is 1.33 bits per heavy atom. The van der Waals surface area contributed by atoms with Crippen LogP contribution in [0, 0.1) is 5.82 Å². The van der Waals surface area contributed by atoms with Gasteiger partial charge in [-0.1, -0.05) is 13.8 Å². The summed E-state index contributed by atoms with van der Waals surface area (Å²) in [5, 5.41) is 7.67. The molecule has 0 amide bonds. The first-order chi connectivity index (χ1) is 8.56. The van der Waals surface area contributed by atoms with Crippen LogP contribution in [-0.4, -0.2) is 15.8 Å². The van der Waals surface area contributed by atoms with E-state index in [0.717, 1.165) is 16.8 Å². The zero-order chi connectivity index (χ0) is 13.1. The highest BCUT2D eigenvalue weighted by molar-refractivity contribution is 5.63. The highest BCUT2D eigenvalue weighted by Crippen LogP contribution is 2.22. The van der Waals surface area contributed by atoms with Crippen LogP contribution in [-0.2, 0) is 13.6 Å². The molecule has 0 aliphatic rings. The number of hydrogen-bond acceptors (Lipinski definition) is 2. The van der Waals surface area contributed by atoms with Crippen LogP contribution in [0.5, 0.6) is 0 Å². The Labute approximate surface area is 107 Å². The van der Waals surface area contributed by atoms with Gasteiger partial charge in [-0.3, -0.25) is 4.68 Å². The van der Waals surface area contributed by atoms with Crippen molar-refractivity contribution in [2.24, 2.45) is 7.05 Å². The lowest BCUT2D eigenvalue weighted by Crippen LogP contribution is -2.22. The summed E-state index contributed by atoms with van der Waals surface area (Å²) in [5.41, 5.74) is 2.78. The van der Waals surface area contributed by atoms with Gasteiger partial charge in [-0.25, -0.2) is 4.39 Å². The summed E-state index contributed by atoms with van der Waals surface area (Å²) in [4.78, 5) is 0. The highest BCUT2D eigenvalue weighted by Gasteiger charge is 2.09. The van der Waals surface area contributed by atoms with Gasteiger partial charge in [0.2, 0.25) is 0 Å². The zero-order valence-electron chi connectivity index (χ0n) is 10.9. The van der Waals surface area contributed by atoms with Crippen molar-refractivity contribution in [1.82, 2.24) is 15.1 Å². The predicted molar refractivity (Wildman–Crippen MR) is 70.6 cm³/mol. The summed E-state index contributed by atoms with van der Waals surface area (Å²) in [7, 11) is 1.87. The SMILES string of the molecule is CC(C)NCc1cc(F)ccc1-c1ccn(C)n1. The van der Waals surface area contributed by atoms with Gasteiger partial charge in [0.15, 0.2) is 0 Å². The highest BCUT2D eigenvalue weighted by atomic mass is 19.1. The van der Waals surface area contributed by atoms with Gasteiger partial charge in [0.1, 0.15) is 5.82 Å². The van der Waals surface area contributed by atoms with Gasteiger partial charge >= 0.3 is 0 Å². The number of halogens is 1. The smallest absolute Gasteiger partial charge is 0.123 e.